The maximum Gasteiger partial charge on any atom is 0.0576 e. The summed E-state index contributed by atoms with van der Waals surface area (Å²) in [6, 6.07) is 0. The molecule has 0 spiro atoms. The van der Waals surface area contributed by atoms with Gasteiger partial charge in [0.25, 0.3) is 0 Å². The standard InChI is InChI=1S/C16H31NO/c1-2-17-13-15(14-7-3-4-8-14)9-5-10-16-11-6-12-18-16/h14-17H,2-13H2,1H3. The summed E-state index contributed by atoms with van der Waals surface area (Å²) in [6.07, 6.45) is 13.2. The Bertz CT molecular complexity index is 207. The highest BCUT2D eigenvalue weighted by Crippen LogP contribution is 2.34. The third-order valence-electron chi connectivity index (χ3n) is 4.85. The Hall–Kier alpha value is -0.0800. The SMILES string of the molecule is CCNCC(CCCC1CCCO1)C1CCCC1. The molecule has 2 fully saturated rings. The van der Waals surface area contributed by atoms with E-state index in [4.69, 9.17) is 4.74 Å². The molecule has 1 saturated heterocycles. The minimum atomic E-state index is 0.591. The average molecular weight is 253 g/mol. The predicted octanol–water partition coefficient (Wildman–Crippen LogP) is 3.75. The molecule has 0 aromatic heterocycles. The second-order valence-corrected chi connectivity index (χ2v) is 6.18. The first-order valence-corrected chi connectivity index (χ1v) is 8.22. The number of ether oxygens (including phenoxy) is 1. The van der Waals surface area contributed by atoms with E-state index in [9.17, 15) is 0 Å². The summed E-state index contributed by atoms with van der Waals surface area (Å²) in [5.41, 5.74) is 0. The molecule has 0 radical (unpaired) electrons. The van der Waals surface area contributed by atoms with Gasteiger partial charge in [0, 0.05) is 6.61 Å². The van der Waals surface area contributed by atoms with Gasteiger partial charge in [0.1, 0.15) is 0 Å². The largest absolute Gasteiger partial charge is 0.378 e. The summed E-state index contributed by atoms with van der Waals surface area (Å²) < 4.78 is 5.73. The summed E-state index contributed by atoms with van der Waals surface area (Å²) in [5, 5.41) is 3.57. The van der Waals surface area contributed by atoms with Crippen LogP contribution in [0.15, 0.2) is 0 Å². The maximum atomic E-state index is 5.73. The van der Waals surface area contributed by atoms with E-state index < -0.39 is 0 Å². The van der Waals surface area contributed by atoms with Crippen molar-refractivity contribution >= 4 is 0 Å². The van der Waals surface area contributed by atoms with Crippen LogP contribution in [0.3, 0.4) is 0 Å². The number of hydrogen-bond donors (Lipinski definition) is 1. The van der Waals surface area contributed by atoms with Crippen LogP contribution >= 0.6 is 0 Å². The maximum absolute atomic E-state index is 5.73. The van der Waals surface area contributed by atoms with Crippen molar-refractivity contribution < 1.29 is 4.74 Å². The van der Waals surface area contributed by atoms with Crippen molar-refractivity contribution in [2.24, 2.45) is 11.8 Å². The van der Waals surface area contributed by atoms with Crippen LogP contribution in [0.25, 0.3) is 0 Å². The van der Waals surface area contributed by atoms with Crippen LogP contribution in [0.2, 0.25) is 0 Å². The summed E-state index contributed by atoms with van der Waals surface area (Å²) >= 11 is 0. The Morgan fingerprint density at radius 2 is 2.00 bits per heavy atom. The fourth-order valence-corrected chi connectivity index (χ4v) is 3.74. The Kier molecular flexibility index (Phi) is 6.50. The van der Waals surface area contributed by atoms with Crippen molar-refractivity contribution in [1.29, 1.82) is 0 Å². The van der Waals surface area contributed by atoms with Crippen LogP contribution in [0.1, 0.15) is 64.7 Å². The van der Waals surface area contributed by atoms with Gasteiger partial charge in [0.05, 0.1) is 6.10 Å². The van der Waals surface area contributed by atoms with E-state index in [1.165, 1.54) is 64.3 Å². The van der Waals surface area contributed by atoms with E-state index in [-0.39, 0.29) is 0 Å². The molecule has 106 valence electrons. The molecule has 1 aliphatic heterocycles. The molecule has 1 heterocycles. The van der Waals surface area contributed by atoms with Crippen molar-refractivity contribution in [3.63, 3.8) is 0 Å². The lowest BCUT2D eigenvalue weighted by Gasteiger charge is -2.24. The molecule has 0 bridgehead atoms. The lowest BCUT2D eigenvalue weighted by Crippen LogP contribution is -2.27. The van der Waals surface area contributed by atoms with Gasteiger partial charge in [0.15, 0.2) is 0 Å². The zero-order chi connectivity index (χ0) is 12.6. The predicted molar refractivity (Wildman–Crippen MR) is 76.8 cm³/mol. The first kappa shape index (κ1) is 14.3. The highest BCUT2D eigenvalue weighted by molar-refractivity contribution is 4.77. The lowest BCUT2D eigenvalue weighted by molar-refractivity contribution is 0.0995. The molecule has 2 rings (SSSR count). The van der Waals surface area contributed by atoms with E-state index in [1.807, 2.05) is 0 Å². The first-order chi connectivity index (χ1) is 8.90. The van der Waals surface area contributed by atoms with Gasteiger partial charge >= 0.3 is 0 Å². The molecule has 2 nitrogen and oxygen atoms in total. The van der Waals surface area contributed by atoms with Crippen molar-refractivity contribution in [2.45, 2.75) is 70.8 Å². The van der Waals surface area contributed by atoms with Crippen LogP contribution in [0, 0.1) is 11.8 Å². The molecular formula is C16H31NO. The Labute approximate surface area is 113 Å². The van der Waals surface area contributed by atoms with E-state index >= 15 is 0 Å². The quantitative estimate of drug-likeness (QED) is 0.711. The van der Waals surface area contributed by atoms with E-state index in [0.29, 0.717) is 6.10 Å². The zero-order valence-electron chi connectivity index (χ0n) is 12.1. The van der Waals surface area contributed by atoms with Gasteiger partial charge in [-0.15, -0.1) is 0 Å². The monoisotopic (exact) mass is 253 g/mol. The number of nitrogens with one attached hydrogen (secondary N) is 1. The van der Waals surface area contributed by atoms with Crippen molar-refractivity contribution in [2.75, 3.05) is 19.7 Å². The molecule has 1 aliphatic carbocycles. The highest BCUT2D eigenvalue weighted by atomic mass is 16.5. The summed E-state index contributed by atoms with van der Waals surface area (Å²) in [7, 11) is 0. The van der Waals surface area contributed by atoms with E-state index in [1.54, 1.807) is 0 Å². The smallest absolute Gasteiger partial charge is 0.0576 e. The minimum Gasteiger partial charge on any atom is -0.378 e. The van der Waals surface area contributed by atoms with Crippen molar-refractivity contribution in [3.05, 3.63) is 0 Å². The van der Waals surface area contributed by atoms with Gasteiger partial charge in [-0.25, -0.2) is 0 Å². The summed E-state index contributed by atoms with van der Waals surface area (Å²) in [4.78, 5) is 0. The van der Waals surface area contributed by atoms with Gasteiger partial charge in [-0.3, -0.25) is 0 Å². The molecule has 2 unspecified atom stereocenters. The molecule has 2 aliphatic rings. The molecule has 2 heteroatoms. The fraction of sp³-hybridized carbons (Fsp3) is 1.00. The number of rotatable bonds is 8. The minimum absolute atomic E-state index is 0.591. The van der Waals surface area contributed by atoms with Crippen molar-refractivity contribution in [3.8, 4) is 0 Å². The Morgan fingerprint density at radius 1 is 1.17 bits per heavy atom. The molecule has 0 aromatic rings. The molecular weight excluding hydrogens is 222 g/mol. The first-order valence-electron chi connectivity index (χ1n) is 8.22. The normalized spacial score (nSPS) is 26.8. The lowest BCUT2D eigenvalue weighted by atomic mass is 9.86. The van der Waals surface area contributed by atoms with Gasteiger partial charge in [-0.05, 0) is 50.6 Å². The summed E-state index contributed by atoms with van der Waals surface area (Å²) in [5.74, 6) is 1.93. The van der Waals surface area contributed by atoms with Crippen molar-refractivity contribution in [1.82, 2.24) is 5.32 Å². The molecule has 1 N–H and O–H groups in total. The third kappa shape index (κ3) is 4.55. The Balaban J connectivity index is 1.66. The van der Waals surface area contributed by atoms with E-state index in [0.717, 1.165) is 25.0 Å². The zero-order valence-corrected chi connectivity index (χ0v) is 12.1. The van der Waals surface area contributed by atoms with Gasteiger partial charge in [0.2, 0.25) is 0 Å². The second kappa shape index (κ2) is 8.16. The highest BCUT2D eigenvalue weighted by Gasteiger charge is 2.25. The van der Waals surface area contributed by atoms with Crippen LogP contribution in [0.4, 0.5) is 0 Å². The topological polar surface area (TPSA) is 21.3 Å². The second-order valence-electron chi connectivity index (χ2n) is 6.18. The average Bonchev–Trinajstić information content (AvgIpc) is 3.05. The van der Waals surface area contributed by atoms with Gasteiger partial charge < -0.3 is 10.1 Å². The molecule has 0 aromatic carbocycles. The van der Waals surface area contributed by atoms with E-state index in [2.05, 4.69) is 12.2 Å². The van der Waals surface area contributed by atoms with Gasteiger partial charge in [-0.2, -0.15) is 0 Å². The third-order valence-corrected chi connectivity index (χ3v) is 4.85. The summed E-state index contributed by atoms with van der Waals surface area (Å²) in [6.45, 7) is 5.59. The Morgan fingerprint density at radius 3 is 2.67 bits per heavy atom. The fourth-order valence-electron chi connectivity index (χ4n) is 3.74. The van der Waals surface area contributed by atoms with Crippen LogP contribution in [-0.4, -0.2) is 25.8 Å². The van der Waals surface area contributed by atoms with Crippen LogP contribution in [0.5, 0.6) is 0 Å². The van der Waals surface area contributed by atoms with Crippen LogP contribution in [-0.2, 0) is 4.74 Å². The molecule has 2 atom stereocenters. The molecule has 1 saturated carbocycles. The molecule has 0 amide bonds. The number of hydrogen-bond acceptors (Lipinski definition) is 2. The van der Waals surface area contributed by atoms with Crippen LogP contribution < -0.4 is 5.32 Å². The van der Waals surface area contributed by atoms with Gasteiger partial charge in [-0.1, -0.05) is 39.0 Å². The molecule has 18 heavy (non-hydrogen) atoms.